The molecule has 1 saturated heterocycles. The minimum Gasteiger partial charge on any atom is -0.375 e. The van der Waals surface area contributed by atoms with Gasteiger partial charge in [0.2, 0.25) is 10.0 Å². The lowest BCUT2D eigenvalue weighted by atomic mass is 10.1. The van der Waals surface area contributed by atoms with Crippen LogP contribution in [0.15, 0.2) is 53.4 Å². The first-order valence-electron chi connectivity index (χ1n) is 8.20. The molecular formula is C19H23NO3S. The van der Waals surface area contributed by atoms with Crippen LogP contribution in [-0.4, -0.2) is 38.5 Å². The standard InChI is InChI=1S/C19H23NO3S/c1-15-8-9-16(2)19(12-15)24(21,22)20-10-11-23-18(14-20)13-17-6-4-3-5-7-17/h3-9,12,18H,10-11,13-14H2,1-2H3. The van der Waals surface area contributed by atoms with Crippen LogP contribution in [0.5, 0.6) is 0 Å². The Morgan fingerprint density at radius 3 is 2.62 bits per heavy atom. The molecule has 0 bridgehead atoms. The Bertz CT molecular complexity index is 803. The maximum absolute atomic E-state index is 13.0. The number of ether oxygens (including phenoxy) is 1. The van der Waals surface area contributed by atoms with E-state index in [0.29, 0.717) is 24.6 Å². The first-order valence-corrected chi connectivity index (χ1v) is 9.64. The van der Waals surface area contributed by atoms with E-state index in [1.807, 2.05) is 56.3 Å². The Morgan fingerprint density at radius 1 is 1.12 bits per heavy atom. The molecule has 1 atom stereocenters. The zero-order valence-electron chi connectivity index (χ0n) is 14.1. The smallest absolute Gasteiger partial charge is 0.243 e. The van der Waals surface area contributed by atoms with Crippen LogP contribution in [0.1, 0.15) is 16.7 Å². The topological polar surface area (TPSA) is 46.6 Å². The maximum Gasteiger partial charge on any atom is 0.243 e. The molecule has 1 heterocycles. The van der Waals surface area contributed by atoms with Gasteiger partial charge in [-0.05, 0) is 43.0 Å². The fourth-order valence-electron chi connectivity index (χ4n) is 3.04. The molecule has 1 fully saturated rings. The second-order valence-corrected chi connectivity index (χ2v) is 8.22. The molecule has 0 amide bonds. The molecule has 128 valence electrons. The highest BCUT2D eigenvalue weighted by Crippen LogP contribution is 2.24. The fraction of sp³-hybridized carbons (Fsp3) is 0.368. The molecule has 1 unspecified atom stereocenters. The number of morpholine rings is 1. The van der Waals surface area contributed by atoms with Crippen molar-refractivity contribution in [2.75, 3.05) is 19.7 Å². The zero-order chi connectivity index (χ0) is 17.2. The van der Waals surface area contributed by atoms with E-state index in [0.717, 1.165) is 23.1 Å². The van der Waals surface area contributed by atoms with Gasteiger partial charge in [0.1, 0.15) is 0 Å². The number of hydrogen-bond donors (Lipinski definition) is 0. The van der Waals surface area contributed by atoms with Crippen LogP contribution in [0.3, 0.4) is 0 Å². The lowest BCUT2D eigenvalue weighted by molar-refractivity contribution is -0.000505. The van der Waals surface area contributed by atoms with Gasteiger partial charge in [0.15, 0.2) is 0 Å². The highest BCUT2D eigenvalue weighted by molar-refractivity contribution is 7.89. The Kier molecular flexibility index (Phi) is 5.04. The molecule has 0 saturated carbocycles. The van der Waals surface area contributed by atoms with Crippen LogP contribution >= 0.6 is 0 Å². The zero-order valence-corrected chi connectivity index (χ0v) is 14.9. The van der Waals surface area contributed by atoms with Crippen molar-refractivity contribution in [1.82, 2.24) is 4.31 Å². The van der Waals surface area contributed by atoms with Gasteiger partial charge in [-0.3, -0.25) is 0 Å². The molecule has 0 aliphatic carbocycles. The van der Waals surface area contributed by atoms with Gasteiger partial charge in [-0.25, -0.2) is 8.42 Å². The highest BCUT2D eigenvalue weighted by Gasteiger charge is 2.31. The van der Waals surface area contributed by atoms with Crippen LogP contribution in [0.4, 0.5) is 0 Å². The number of rotatable bonds is 4. The largest absolute Gasteiger partial charge is 0.375 e. The van der Waals surface area contributed by atoms with E-state index in [-0.39, 0.29) is 6.10 Å². The van der Waals surface area contributed by atoms with E-state index in [4.69, 9.17) is 4.74 Å². The first-order chi connectivity index (χ1) is 11.5. The average Bonchev–Trinajstić information content (AvgIpc) is 2.58. The van der Waals surface area contributed by atoms with Crippen molar-refractivity contribution in [3.63, 3.8) is 0 Å². The molecule has 0 N–H and O–H groups in total. The fourth-order valence-corrected chi connectivity index (χ4v) is 4.80. The Hall–Kier alpha value is -1.69. The molecule has 0 radical (unpaired) electrons. The molecule has 0 aromatic heterocycles. The number of nitrogens with zero attached hydrogens (tertiary/aromatic N) is 1. The van der Waals surface area contributed by atoms with Gasteiger partial charge in [0.05, 0.1) is 17.6 Å². The first kappa shape index (κ1) is 17.1. The van der Waals surface area contributed by atoms with E-state index in [1.54, 1.807) is 10.4 Å². The van der Waals surface area contributed by atoms with Crippen LogP contribution in [0, 0.1) is 13.8 Å². The number of aryl methyl sites for hydroxylation is 2. The lowest BCUT2D eigenvalue weighted by Gasteiger charge is -2.32. The Balaban J connectivity index is 1.79. The molecule has 2 aromatic rings. The molecule has 5 heteroatoms. The van der Waals surface area contributed by atoms with Crippen LogP contribution in [0.2, 0.25) is 0 Å². The second-order valence-electron chi connectivity index (χ2n) is 6.31. The number of hydrogen-bond acceptors (Lipinski definition) is 3. The summed E-state index contributed by atoms with van der Waals surface area (Å²) in [5.74, 6) is 0. The third-order valence-corrected chi connectivity index (χ3v) is 6.38. The highest BCUT2D eigenvalue weighted by atomic mass is 32.2. The van der Waals surface area contributed by atoms with E-state index in [9.17, 15) is 8.42 Å². The summed E-state index contributed by atoms with van der Waals surface area (Å²) >= 11 is 0. The van der Waals surface area contributed by atoms with Crippen molar-refractivity contribution in [3.05, 3.63) is 65.2 Å². The summed E-state index contributed by atoms with van der Waals surface area (Å²) in [6, 6.07) is 15.6. The maximum atomic E-state index is 13.0. The molecule has 24 heavy (non-hydrogen) atoms. The van der Waals surface area contributed by atoms with Gasteiger partial charge >= 0.3 is 0 Å². The van der Waals surface area contributed by atoms with Crippen LogP contribution in [-0.2, 0) is 21.2 Å². The number of benzene rings is 2. The summed E-state index contributed by atoms with van der Waals surface area (Å²) in [7, 11) is -3.49. The molecule has 4 nitrogen and oxygen atoms in total. The van der Waals surface area contributed by atoms with E-state index < -0.39 is 10.0 Å². The molecular weight excluding hydrogens is 322 g/mol. The SMILES string of the molecule is Cc1ccc(C)c(S(=O)(=O)N2CCOC(Cc3ccccc3)C2)c1. The van der Waals surface area contributed by atoms with E-state index >= 15 is 0 Å². The summed E-state index contributed by atoms with van der Waals surface area (Å²) in [6.07, 6.45) is 0.612. The predicted octanol–water partition coefficient (Wildman–Crippen LogP) is 2.94. The summed E-state index contributed by atoms with van der Waals surface area (Å²) in [6.45, 7) is 4.98. The van der Waals surface area contributed by atoms with Crippen molar-refractivity contribution in [1.29, 1.82) is 0 Å². The third-order valence-electron chi connectivity index (χ3n) is 4.37. The number of sulfonamides is 1. The predicted molar refractivity (Wildman–Crippen MR) is 94.6 cm³/mol. The molecule has 3 rings (SSSR count). The monoisotopic (exact) mass is 345 g/mol. The summed E-state index contributed by atoms with van der Waals surface area (Å²) in [4.78, 5) is 0.405. The molecule has 2 aromatic carbocycles. The summed E-state index contributed by atoms with van der Waals surface area (Å²) < 4.78 is 33.4. The average molecular weight is 345 g/mol. The minimum absolute atomic E-state index is 0.110. The summed E-state index contributed by atoms with van der Waals surface area (Å²) in [5, 5.41) is 0. The second kappa shape index (κ2) is 7.05. The van der Waals surface area contributed by atoms with Crippen molar-refractivity contribution in [3.8, 4) is 0 Å². The van der Waals surface area contributed by atoms with Crippen LogP contribution in [0.25, 0.3) is 0 Å². The normalized spacial score (nSPS) is 19.3. The van der Waals surface area contributed by atoms with E-state index in [1.165, 1.54) is 0 Å². The van der Waals surface area contributed by atoms with Gasteiger partial charge in [-0.2, -0.15) is 4.31 Å². The van der Waals surface area contributed by atoms with Gasteiger partial charge in [0.25, 0.3) is 0 Å². The Labute approximate surface area is 144 Å². The Morgan fingerprint density at radius 2 is 1.88 bits per heavy atom. The van der Waals surface area contributed by atoms with Crippen molar-refractivity contribution in [2.24, 2.45) is 0 Å². The molecule has 0 spiro atoms. The van der Waals surface area contributed by atoms with Gasteiger partial charge in [-0.15, -0.1) is 0 Å². The quantitative estimate of drug-likeness (QED) is 0.856. The lowest BCUT2D eigenvalue weighted by Crippen LogP contribution is -2.46. The third kappa shape index (κ3) is 3.69. The van der Waals surface area contributed by atoms with Crippen molar-refractivity contribution in [2.45, 2.75) is 31.3 Å². The molecule has 1 aliphatic rings. The van der Waals surface area contributed by atoms with E-state index in [2.05, 4.69) is 0 Å². The van der Waals surface area contributed by atoms with Gasteiger partial charge < -0.3 is 4.74 Å². The van der Waals surface area contributed by atoms with Crippen molar-refractivity contribution >= 4 is 10.0 Å². The minimum atomic E-state index is -3.49. The van der Waals surface area contributed by atoms with Gasteiger partial charge in [-0.1, -0.05) is 42.5 Å². The van der Waals surface area contributed by atoms with Crippen LogP contribution < -0.4 is 0 Å². The summed E-state index contributed by atoms with van der Waals surface area (Å²) in [5.41, 5.74) is 2.90. The van der Waals surface area contributed by atoms with Crippen molar-refractivity contribution < 1.29 is 13.2 Å². The van der Waals surface area contributed by atoms with Gasteiger partial charge in [0, 0.05) is 13.1 Å². The molecule has 1 aliphatic heterocycles.